The quantitative estimate of drug-likeness (QED) is 0.564. The van der Waals surface area contributed by atoms with Crippen molar-refractivity contribution < 1.29 is 17.9 Å². The molecule has 0 aliphatic carbocycles. The number of carbonyl (C=O) groups excluding carboxylic acids is 1. The van der Waals surface area contributed by atoms with Gasteiger partial charge in [0, 0.05) is 30.4 Å². The van der Waals surface area contributed by atoms with Gasteiger partial charge in [-0.25, -0.2) is 8.42 Å². The third-order valence-electron chi connectivity index (χ3n) is 5.36. The number of carbonyl (C=O) groups is 1. The van der Waals surface area contributed by atoms with Crippen LogP contribution in [-0.2, 0) is 16.6 Å². The van der Waals surface area contributed by atoms with Crippen molar-refractivity contribution in [2.75, 3.05) is 18.9 Å². The van der Waals surface area contributed by atoms with Crippen LogP contribution in [-0.4, -0.2) is 33.4 Å². The average Bonchev–Trinajstić information content (AvgIpc) is 2.75. The molecule has 168 valence electrons. The first-order valence-corrected chi connectivity index (χ1v) is 11.7. The molecule has 32 heavy (non-hydrogen) atoms. The van der Waals surface area contributed by atoms with E-state index in [0.717, 1.165) is 28.0 Å². The van der Waals surface area contributed by atoms with Crippen LogP contribution in [0.2, 0.25) is 0 Å². The summed E-state index contributed by atoms with van der Waals surface area (Å²) in [4.78, 5) is 14.7. The number of nitrogens with one attached hydrogen (secondary N) is 1. The number of ether oxygens (including phenoxy) is 1. The highest BCUT2D eigenvalue weighted by Gasteiger charge is 2.17. The van der Waals surface area contributed by atoms with Crippen molar-refractivity contribution in [3.63, 3.8) is 0 Å². The van der Waals surface area contributed by atoms with E-state index in [4.69, 9.17) is 4.74 Å². The van der Waals surface area contributed by atoms with Crippen LogP contribution in [0.4, 0.5) is 5.69 Å². The number of hydrogen-bond donors (Lipinski definition) is 1. The molecular weight excluding hydrogens is 424 g/mol. The fourth-order valence-electron chi connectivity index (χ4n) is 3.35. The molecule has 1 N–H and O–H groups in total. The van der Waals surface area contributed by atoms with Crippen molar-refractivity contribution in [3.8, 4) is 5.75 Å². The molecule has 0 saturated heterocycles. The number of benzene rings is 3. The Morgan fingerprint density at radius 1 is 0.938 bits per heavy atom. The molecule has 0 saturated carbocycles. The first-order chi connectivity index (χ1) is 15.1. The van der Waals surface area contributed by atoms with E-state index < -0.39 is 10.0 Å². The van der Waals surface area contributed by atoms with Gasteiger partial charge in [-0.1, -0.05) is 23.8 Å². The van der Waals surface area contributed by atoms with Gasteiger partial charge in [-0.15, -0.1) is 0 Å². The molecule has 7 heteroatoms. The maximum absolute atomic E-state index is 12.9. The summed E-state index contributed by atoms with van der Waals surface area (Å²) in [5, 5.41) is 0. The Balaban J connectivity index is 1.72. The summed E-state index contributed by atoms with van der Waals surface area (Å²) in [7, 11) is -0.386. The van der Waals surface area contributed by atoms with Crippen molar-refractivity contribution in [2.24, 2.45) is 0 Å². The zero-order valence-corrected chi connectivity index (χ0v) is 19.8. The van der Waals surface area contributed by atoms with Gasteiger partial charge in [0.25, 0.3) is 15.9 Å². The standard InChI is InChI=1S/C25H28N2O4S/c1-17-6-13-24(31-5)21(14-17)16-27(4)25(28)20-8-10-22(11-9-20)26-32(29,30)23-12-7-18(2)19(3)15-23/h6-15,26H,16H2,1-5H3. The third-order valence-corrected chi connectivity index (χ3v) is 6.74. The number of nitrogens with zero attached hydrogens (tertiary/aromatic N) is 1. The van der Waals surface area contributed by atoms with E-state index in [2.05, 4.69) is 4.72 Å². The van der Waals surface area contributed by atoms with Gasteiger partial charge >= 0.3 is 0 Å². The van der Waals surface area contributed by atoms with E-state index in [0.29, 0.717) is 17.8 Å². The number of methoxy groups -OCH3 is 1. The zero-order chi connectivity index (χ0) is 23.5. The first-order valence-electron chi connectivity index (χ1n) is 10.2. The molecule has 0 aliphatic heterocycles. The highest BCUT2D eigenvalue weighted by Crippen LogP contribution is 2.23. The van der Waals surface area contributed by atoms with Gasteiger partial charge in [-0.3, -0.25) is 9.52 Å². The van der Waals surface area contributed by atoms with Crippen molar-refractivity contribution in [2.45, 2.75) is 32.2 Å². The SMILES string of the molecule is COc1ccc(C)cc1CN(C)C(=O)c1ccc(NS(=O)(=O)c2ccc(C)c(C)c2)cc1. The smallest absolute Gasteiger partial charge is 0.261 e. The van der Waals surface area contributed by atoms with Gasteiger partial charge in [0.1, 0.15) is 5.75 Å². The van der Waals surface area contributed by atoms with E-state index >= 15 is 0 Å². The molecule has 0 bridgehead atoms. The minimum atomic E-state index is -3.71. The second-order valence-corrected chi connectivity index (χ2v) is 9.59. The highest BCUT2D eigenvalue weighted by molar-refractivity contribution is 7.92. The summed E-state index contributed by atoms with van der Waals surface area (Å²) in [6, 6.07) is 17.3. The Kier molecular flexibility index (Phi) is 6.89. The number of rotatable bonds is 7. The second-order valence-electron chi connectivity index (χ2n) is 7.91. The Bertz CT molecular complexity index is 1240. The van der Waals surface area contributed by atoms with Gasteiger partial charge in [-0.2, -0.15) is 0 Å². The zero-order valence-electron chi connectivity index (χ0n) is 19.0. The fraction of sp³-hybridized carbons (Fsp3) is 0.240. The summed E-state index contributed by atoms with van der Waals surface area (Å²) < 4.78 is 33.3. The molecule has 0 fully saturated rings. The molecule has 1 amide bonds. The van der Waals surface area contributed by atoms with Gasteiger partial charge in [0.15, 0.2) is 0 Å². The van der Waals surface area contributed by atoms with Crippen LogP contribution in [0.3, 0.4) is 0 Å². The van der Waals surface area contributed by atoms with E-state index in [-0.39, 0.29) is 10.8 Å². The van der Waals surface area contributed by atoms with Gasteiger partial charge in [0.05, 0.1) is 12.0 Å². The normalized spacial score (nSPS) is 11.2. The lowest BCUT2D eigenvalue weighted by molar-refractivity contribution is 0.0784. The fourth-order valence-corrected chi connectivity index (χ4v) is 4.50. The summed E-state index contributed by atoms with van der Waals surface area (Å²) >= 11 is 0. The summed E-state index contributed by atoms with van der Waals surface area (Å²) in [6.07, 6.45) is 0. The number of anilines is 1. The van der Waals surface area contributed by atoms with Crippen LogP contribution in [0.5, 0.6) is 5.75 Å². The van der Waals surface area contributed by atoms with Crippen LogP contribution in [0, 0.1) is 20.8 Å². The van der Waals surface area contributed by atoms with Crippen LogP contribution in [0.25, 0.3) is 0 Å². The largest absolute Gasteiger partial charge is 0.496 e. The summed E-state index contributed by atoms with van der Waals surface area (Å²) in [5.41, 5.74) is 4.79. The molecule has 0 aliphatic rings. The lowest BCUT2D eigenvalue weighted by Gasteiger charge is -2.19. The van der Waals surface area contributed by atoms with E-state index in [9.17, 15) is 13.2 Å². The summed E-state index contributed by atoms with van der Waals surface area (Å²) in [6.45, 7) is 6.19. The molecule has 0 aromatic heterocycles. The van der Waals surface area contributed by atoms with Crippen molar-refractivity contribution in [3.05, 3.63) is 88.5 Å². The van der Waals surface area contributed by atoms with Gasteiger partial charge in [-0.05, 0) is 74.4 Å². The van der Waals surface area contributed by atoms with E-state index in [1.54, 1.807) is 61.5 Å². The summed E-state index contributed by atoms with van der Waals surface area (Å²) in [5.74, 6) is 0.559. The van der Waals surface area contributed by atoms with Crippen molar-refractivity contribution in [1.29, 1.82) is 0 Å². The molecule has 3 aromatic rings. The molecule has 0 spiro atoms. The van der Waals surface area contributed by atoms with Gasteiger partial charge < -0.3 is 9.64 Å². The predicted octanol–water partition coefficient (Wildman–Crippen LogP) is 4.69. The minimum Gasteiger partial charge on any atom is -0.496 e. The Labute approximate surface area is 189 Å². The number of amides is 1. The second kappa shape index (κ2) is 9.44. The monoisotopic (exact) mass is 452 g/mol. The number of sulfonamides is 1. The van der Waals surface area contributed by atoms with Crippen LogP contribution >= 0.6 is 0 Å². The third kappa shape index (κ3) is 5.29. The molecule has 0 heterocycles. The highest BCUT2D eigenvalue weighted by atomic mass is 32.2. The Morgan fingerprint density at radius 2 is 1.62 bits per heavy atom. The molecule has 6 nitrogen and oxygen atoms in total. The van der Waals surface area contributed by atoms with Crippen LogP contribution < -0.4 is 9.46 Å². The van der Waals surface area contributed by atoms with E-state index in [1.165, 1.54) is 0 Å². The molecule has 3 aromatic carbocycles. The van der Waals surface area contributed by atoms with Crippen molar-refractivity contribution in [1.82, 2.24) is 4.90 Å². The molecular formula is C25H28N2O4S. The average molecular weight is 453 g/mol. The molecule has 0 unspecified atom stereocenters. The molecule has 0 radical (unpaired) electrons. The Morgan fingerprint density at radius 3 is 2.25 bits per heavy atom. The molecule has 0 atom stereocenters. The maximum atomic E-state index is 12.9. The number of aryl methyl sites for hydroxylation is 3. The van der Waals surface area contributed by atoms with Gasteiger partial charge in [0.2, 0.25) is 0 Å². The van der Waals surface area contributed by atoms with Crippen LogP contribution in [0.15, 0.2) is 65.6 Å². The maximum Gasteiger partial charge on any atom is 0.261 e. The minimum absolute atomic E-state index is 0.169. The van der Waals surface area contributed by atoms with Crippen LogP contribution in [0.1, 0.15) is 32.6 Å². The van der Waals surface area contributed by atoms with Crippen molar-refractivity contribution >= 4 is 21.6 Å². The first kappa shape index (κ1) is 23.3. The lowest BCUT2D eigenvalue weighted by Crippen LogP contribution is -2.26. The molecule has 3 rings (SSSR count). The van der Waals surface area contributed by atoms with E-state index in [1.807, 2.05) is 39.0 Å². The Hall–Kier alpha value is -3.32. The topological polar surface area (TPSA) is 75.7 Å². The predicted molar refractivity (Wildman–Crippen MR) is 127 cm³/mol. The number of hydrogen-bond acceptors (Lipinski definition) is 4. The lowest BCUT2D eigenvalue weighted by atomic mass is 10.1.